The molecule has 0 aromatic carbocycles. The van der Waals surface area contributed by atoms with E-state index in [9.17, 15) is 0 Å². The summed E-state index contributed by atoms with van der Waals surface area (Å²) in [5.74, 6) is 0. The molecule has 0 heterocycles. The van der Waals surface area contributed by atoms with Crippen molar-refractivity contribution in [1.82, 2.24) is 0 Å². The van der Waals surface area contributed by atoms with Crippen molar-refractivity contribution in [2.75, 3.05) is 26.3 Å². The Labute approximate surface area is 69.1 Å². The minimum atomic E-state index is -1.91. The summed E-state index contributed by atoms with van der Waals surface area (Å²) in [5, 5.41) is 0. The molecule has 4 N–H and O–H groups in total. The van der Waals surface area contributed by atoms with Crippen molar-refractivity contribution in [3.63, 3.8) is 0 Å². The Bertz CT molecular complexity index is 90.6. The molecule has 0 spiro atoms. The molecule has 0 aliphatic carbocycles. The molecule has 0 bridgehead atoms. The zero-order valence-corrected chi connectivity index (χ0v) is 8.30. The van der Waals surface area contributed by atoms with Gasteiger partial charge >= 0.3 is 8.56 Å². The average Bonchev–Trinajstić information content (AvgIpc) is 1.97. The maximum Gasteiger partial charge on any atom is 0.331 e. The monoisotopic (exact) mass is 178 g/mol. The molecule has 0 fully saturated rings. The lowest BCUT2D eigenvalue weighted by Gasteiger charge is -2.21. The first-order valence-corrected chi connectivity index (χ1v) is 6.62. The summed E-state index contributed by atoms with van der Waals surface area (Å²) in [4.78, 5) is 0. The van der Waals surface area contributed by atoms with E-state index in [0.29, 0.717) is 26.3 Å². The Morgan fingerprint density at radius 3 is 1.64 bits per heavy atom. The maximum absolute atomic E-state index is 5.42. The van der Waals surface area contributed by atoms with Crippen LogP contribution in [0.1, 0.15) is 0 Å². The van der Waals surface area contributed by atoms with Gasteiger partial charge in [0.05, 0.1) is 0 Å². The van der Waals surface area contributed by atoms with Crippen LogP contribution in [0.2, 0.25) is 13.1 Å². The Hall–Kier alpha value is 0.0569. The van der Waals surface area contributed by atoms with Crippen molar-refractivity contribution in [3.05, 3.63) is 0 Å². The Morgan fingerprint density at radius 2 is 1.36 bits per heavy atom. The van der Waals surface area contributed by atoms with Gasteiger partial charge < -0.3 is 20.3 Å². The Morgan fingerprint density at radius 1 is 1.00 bits per heavy atom. The first-order chi connectivity index (χ1) is 5.12. The molecule has 0 atom stereocenters. The minimum Gasteiger partial charge on any atom is -0.393 e. The lowest BCUT2D eigenvalue weighted by atomic mass is 10.8. The predicted molar refractivity (Wildman–Crippen MR) is 47.5 cm³/mol. The molecule has 0 amide bonds. The lowest BCUT2D eigenvalue weighted by molar-refractivity contribution is 0.188. The van der Waals surface area contributed by atoms with E-state index in [1.165, 1.54) is 0 Å². The number of hydrogen-bond acceptors (Lipinski definition) is 4. The molecule has 0 aromatic rings. The van der Waals surface area contributed by atoms with Gasteiger partial charge in [0, 0.05) is 26.3 Å². The van der Waals surface area contributed by atoms with E-state index in [1.54, 1.807) is 0 Å². The third kappa shape index (κ3) is 6.45. The van der Waals surface area contributed by atoms with Crippen LogP contribution in [0.4, 0.5) is 0 Å². The smallest absolute Gasteiger partial charge is 0.331 e. The van der Waals surface area contributed by atoms with Gasteiger partial charge in [0.15, 0.2) is 0 Å². The molecule has 0 aliphatic rings. The fraction of sp³-hybridized carbons (Fsp3) is 1.00. The summed E-state index contributed by atoms with van der Waals surface area (Å²) in [6.45, 7) is 6.20. The summed E-state index contributed by atoms with van der Waals surface area (Å²) >= 11 is 0. The van der Waals surface area contributed by atoms with Gasteiger partial charge in [-0.3, -0.25) is 0 Å². The summed E-state index contributed by atoms with van der Waals surface area (Å²) in [7, 11) is -1.91. The molecule has 0 aromatic heterocycles. The molecular formula is C6H18N2O2Si. The largest absolute Gasteiger partial charge is 0.393 e. The average molecular weight is 178 g/mol. The van der Waals surface area contributed by atoms with Crippen LogP contribution in [0.25, 0.3) is 0 Å². The second kappa shape index (κ2) is 5.67. The molecule has 4 nitrogen and oxygen atoms in total. The zero-order chi connectivity index (χ0) is 8.74. The van der Waals surface area contributed by atoms with E-state index >= 15 is 0 Å². The zero-order valence-electron chi connectivity index (χ0n) is 7.30. The highest BCUT2D eigenvalue weighted by Crippen LogP contribution is 2.04. The van der Waals surface area contributed by atoms with E-state index < -0.39 is 8.56 Å². The van der Waals surface area contributed by atoms with Crippen LogP contribution in [0.3, 0.4) is 0 Å². The van der Waals surface area contributed by atoms with E-state index in [0.717, 1.165) is 0 Å². The fourth-order valence-corrected chi connectivity index (χ4v) is 1.95. The SMILES string of the molecule is C[Si](C)(OCCN)OCCN. The molecule has 5 heteroatoms. The van der Waals surface area contributed by atoms with E-state index in [2.05, 4.69) is 0 Å². The van der Waals surface area contributed by atoms with Gasteiger partial charge in [-0.1, -0.05) is 0 Å². The first kappa shape index (κ1) is 11.1. The quantitative estimate of drug-likeness (QED) is 0.545. The molecule has 0 rings (SSSR count). The highest BCUT2D eigenvalue weighted by atomic mass is 28.4. The summed E-state index contributed by atoms with van der Waals surface area (Å²) < 4.78 is 10.8. The molecular weight excluding hydrogens is 160 g/mol. The van der Waals surface area contributed by atoms with Crippen molar-refractivity contribution in [3.8, 4) is 0 Å². The second-order valence-corrected chi connectivity index (χ2v) is 6.05. The lowest BCUT2D eigenvalue weighted by Crippen LogP contribution is -2.38. The van der Waals surface area contributed by atoms with Crippen LogP contribution in [-0.2, 0) is 8.85 Å². The standard InChI is InChI=1S/C6H18N2O2Si/c1-11(2,9-5-3-7)10-6-4-8/h3-8H2,1-2H3. The van der Waals surface area contributed by atoms with Crippen molar-refractivity contribution in [1.29, 1.82) is 0 Å². The molecule has 68 valence electrons. The summed E-state index contributed by atoms with van der Waals surface area (Å²) in [6.07, 6.45) is 0. The van der Waals surface area contributed by atoms with Gasteiger partial charge in [0.25, 0.3) is 0 Å². The number of nitrogens with two attached hydrogens (primary N) is 2. The Kier molecular flexibility index (Phi) is 5.70. The molecule has 0 unspecified atom stereocenters. The van der Waals surface area contributed by atoms with Gasteiger partial charge in [-0.05, 0) is 13.1 Å². The van der Waals surface area contributed by atoms with Crippen LogP contribution in [0, 0.1) is 0 Å². The van der Waals surface area contributed by atoms with Crippen molar-refractivity contribution >= 4 is 8.56 Å². The highest BCUT2D eigenvalue weighted by molar-refractivity contribution is 6.64. The van der Waals surface area contributed by atoms with Crippen LogP contribution in [-0.4, -0.2) is 34.9 Å². The third-order valence-corrected chi connectivity index (χ3v) is 2.93. The van der Waals surface area contributed by atoms with Crippen molar-refractivity contribution in [2.24, 2.45) is 11.5 Å². The first-order valence-electron chi connectivity index (χ1n) is 3.80. The molecule has 0 saturated heterocycles. The predicted octanol–water partition coefficient (Wildman–Crippen LogP) is -0.361. The minimum absolute atomic E-state index is 0.544. The van der Waals surface area contributed by atoms with Crippen LogP contribution in [0.5, 0.6) is 0 Å². The van der Waals surface area contributed by atoms with Gasteiger partial charge in [-0.25, -0.2) is 0 Å². The van der Waals surface area contributed by atoms with E-state index in [4.69, 9.17) is 20.3 Å². The van der Waals surface area contributed by atoms with Gasteiger partial charge in [0.1, 0.15) is 0 Å². The Balaban J connectivity index is 3.43. The van der Waals surface area contributed by atoms with E-state index in [1.807, 2.05) is 13.1 Å². The summed E-state index contributed by atoms with van der Waals surface area (Å²) in [5.41, 5.74) is 10.6. The molecule has 0 radical (unpaired) electrons. The summed E-state index contributed by atoms with van der Waals surface area (Å²) in [6, 6.07) is 0. The van der Waals surface area contributed by atoms with Crippen molar-refractivity contribution < 1.29 is 8.85 Å². The third-order valence-electron chi connectivity index (χ3n) is 1.14. The number of hydrogen-bond donors (Lipinski definition) is 2. The highest BCUT2D eigenvalue weighted by Gasteiger charge is 2.23. The van der Waals surface area contributed by atoms with E-state index in [-0.39, 0.29) is 0 Å². The molecule has 11 heavy (non-hydrogen) atoms. The van der Waals surface area contributed by atoms with Crippen molar-refractivity contribution in [2.45, 2.75) is 13.1 Å². The number of rotatable bonds is 6. The van der Waals surface area contributed by atoms with Crippen LogP contribution < -0.4 is 11.5 Å². The molecule has 0 aliphatic heterocycles. The van der Waals surface area contributed by atoms with Crippen LogP contribution in [0.15, 0.2) is 0 Å². The normalized spacial score (nSPS) is 12.0. The maximum atomic E-state index is 5.42. The topological polar surface area (TPSA) is 70.5 Å². The van der Waals surface area contributed by atoms with Gasteiger partial charge in [0.2, 0.25) is 0 Å². The van der Waals surface area contributed by atoms with Gasteiger partial charge in [-0.15, -0.1) is 0 Å². The second-order valence-electron chi connectivity index (χ2n) is 2.67. The van der Waals surface area contributed by atoms with Crippen LogP contribution >= 0.6 is 0 Å². The molecule has 0 saturated carbocycles. The fourth-order valence-electron chi connectivity index (χ4n) is 0.651. The van der Waals surface area contributed by atoms with Gasteiger partial charge in [-0.2, -0.15) is 0 Å².